The van der Waals surface area contributed by atoms with Gasteiger partial charge in [-0.05, 0) is 93.0 Å². The smallest absolute Gasteiger partial charge is 0.164 e. The van der Waals surface area contributed by atoms with Crippen molar-refractivity contribution in [1.29, 1.82) is 5.26 Å². The van der Waals surface area contributed by atoms with Crippen molar-refractivity contribution in [3.63, 3.8) is 0 Å². The minimum absolute atomic E-state index is 0.269. The summed E-state index contributed by atoms with van der Waals surface area (Å²) >= 11 is 0. The van der Waals surface area contributed by atoms with E-state index in [0.717, 1.165) is 50.0 Å². The maximum absolute atomic E-state index is 9.64. The molecule has 6 heteroatoms. The van der Waals surface area contributed by atoms with Crippen molar-refractivity contribution in [2.24, 2.45) is 0 Å². The van der Waals surface area contributed by atoms with Crippen LogP contribution in [-0.2, 0) is 5.41 Å². The minimum Gasteiger partial charge on any atom is -0.253 e. The molecule has 0 saturated carbocycles. The van der Waals surface area contributed by atoms with Crippen molar-refractivity contribution >= 4 is 11.0 Å². The number of fused-ring (bicyclic) bond motifs is 4. The molecular weight excluding hydrogens is 625 g/mol. The van der Waals surface area contributed by atoms with E-state index in [4.69, 9.17) is 15.0 Å². The van der Waals surface area contributed by atoms with E-state index in [1.165, 1.54) is 22.3 Å². The summed E-state index contributed by atoms with van der Waals surface area (Å²) in [6, 6.07) is 47.8. The fraction of sp³-hybridized carbons (Fsp3) is 0.0667. The molecule has 0 N–H and O–H groups in total. The Kier molecular flexibility index (Phi) is 7.08. The molecule has 1 aliphatic carbocycles. The van der Waals surface area contributed by atoms with Gasteiger partial charge in [-0.3, -0.25) is 9.97 Å². The van der Waals surface area contributed by atoms with E-state index in [1.807, 2.05) is 78.9 Å². The zero-order valence-electron chi connectivity index (χ0n) is 28.0. The van der Waals surface area contributed by atoms with Gasteiger partial charge in [-0.2, -0.15) is 5.26 Å². The number of hydrogen-bond acceptors (Lipinski definition) is 6. The summed E-state index contributed by atoms with van der Waals surface area (Å²) in [7, 11) is 0. The van der Waals surface area contributed by atoms with Crippen LogP contribution >= 0.6 is 0 Å². The summed E-state index contributed by atoms with van der Waals surface area (Å²) in [6.07, 6.45) is 3.43. The number of rotatable bonds is 5. The lowest BCUT2D eigenvalue weighted by Crippen LogP contribution is -2.15. The van der Waals surface area contributed by atoms with Crippen LogP contribution in [0, 0.1) is 11.3 Å². The topological polar surface area (TPSA) is 88.2 Å². The SMILES string of the molecule is CC1(C)c2cc(C#N)ccc2-c2ccc(-c3cc(-c4ccc5nccnc5c4)cc(-c4nc(-c5ccccc5)nc(-c5ccccc5)n4)c3)cc21. The van der Waals surface area contributed by atoms with Crippen molar-refractivity contribution in [3.05, 3.63) is 163 Å². The van der Waals surface area contributed by atoms with E-state index in [2.05, 4.69) is 84.5 Å². The summed E-state index contributed by atoms with van der Waals surface area (Å²) < 4.78 is 0. The molecule has 0 fully saturated rings. The number of hydrogen-bond donors (Lipinski definition) is 0. The number of nitrogens with zero attached hydrogens (tertiary/aromatic N) is 6. The first-order valence-electron chi connectivity index (χ1n) is 16.9. The molecule has 2 aromatic heterocycles. The van der Waals surface area contributed by atoms with Crippen LogP contribution in [0.15, 0.2) is 146 Å². The lowest BCUT2D eigenvalue weighted by molar-refractivity contribution is 0.660. The van der Waals surface area contributed by atoms with Gasteiger partial charge < -0.3 is 0 Å². The second-order valence-corrected chi connectivity index (χ2v) is 13.4. The minimum atomic E-state index is -0.269. The van der Waals surface area contributed by atoms with E-state index in [9.17, 15) is 5.26 Å². The van der Waals surface area contributed by atoms with Crippen molar-refractivity contribution in [2.45, 2.75) is 19.3 Å². The first kappa shape index (κ1) is 30.2. The van der Waals surface area contributed by atoms with Crippen molar-refractivity contribution < 1.29 is 0 Å². The zero-order valence-corrected chi connectivity index (χ0v) is 28.0. The lowest BCUT2D eigenvalue weighted by atomic mass is 9.81. The molecule has 0 aliphatic heterocycles. The summed E-state index contributed by atoms with van der Waals surface area (Å²) in [6.45, 7) is 4.48. The van der Waals surface area contributed by atoms with Gasteiger partial charge in [-0.1, -0.05) is 98.8 Å². The van der Waals surface area contributed by atoms with Crippen molar-refractivity contribution in [2.75, 3.05) is 0 Å². The van der Waals surface area contributed by atoms with Crippen LogP contribution in [0.4, 0.5) is 0 Å². The standard InChI is InChI=1S/C45H30N6/c1-45(2)38-21-28(27-46)13-16-36(38)37-17-14-31(25-39(37)45)33-22-34(32-15-18-40-41(26-32)48-20-19-47-40)24-35(23-33)44-50-42(29-9-5-3-6-10-29)49-43(51-44)30-11-7-4-8-12-30/h3-26H,1-2H3. The molecule has 2 heterocycles. The van der Waals surface area contributed by atoms with Gasteiger partial charge in [0.05, 0.1) is 22.7 Å². The van der Waals surface area contributed by atoms with Crippen LogP contribution in [0.25, 0.3) is 78.6 Å². The summed E-state index contributed by atoms with van der Waals surface area (Å²) in [5.41, 5.74) is 13.7. The highest BCUT2D eigenvalue weighted by molar-refractivity contribution is 5.88. The largest absolute Gasteiger partial charge is 0.253 e. The predicted molar refractivity (Wildman–Crippen MR) is 202 cm³/mol. The highest BCUT2D eigenvalue weighted by atomic mass is 15.0. The Labute approximate surface area is 295 Å². The second-order valence-electron chi connectivity index (χ2n) is 13.4. The van der Waals surface area contributed by atoms with E-state index in [1.54, 1.807) is 12.4 Å². The number of aromatic nitrogens is 5. The monoisotopic (exact) mass is 654 g/mol. The first-order chi connectivity index (χ1) is 24.9. The highest BCUT2D eigenvalue weighted by Crippen LogP contribution is 2.50. The Morgan fingerprint density at radius 2 is 0.961 bits per heavy atom. The quantitative estimate of drug-likeness (QED) is 0.184. The molecule has 0 radical (unpaired) electrons. The molecule has 0 bridgehead atoms. The first-order valence-corrected chi connectivity index (χ1v) is 16.9. The van der Waals surface area contributed by atoms with Crippen LogP contribution in [0.3, 0.4) is 0 Å². The Bertz CT molecular complexity index is 2620. The van der Waals surface area contributed by atoms with Gasteiger partial charge in [0.2, 0.25) is 0 Å². The normalized spacial score (nSPS) is 12.6. The Balaban J connectivity index is 1.25. The van der Waals surface area contributed by atoms with Crippen molar-refractivity contribution in [1.82, 2.24) is 24.9 Å². The molecule has 6 nitrogen and oxygen atoms in total. The number of nitriles is 1. The van der Waals surface area contributed by atoms with Crippen LogP contribution < -0.4 is 0 Å². The van der Waals surface area contributed by atoms with Crippen LogP contribution in [0.1, 0.15) is 30.5 Å². The van der Waals surface area contributed by atoms with Gasteiger partial charge in [0.25, 0.3) is 0 Å². The van der Waals surface area contributed by atoms with Gasteiger partial charge in [0.1, 0.15) is 0 Å². The Hall–Kier alpha value is -6.84. The lowest BCUT2D eigenvalue weighted by Gasteiger charge is -2.22. The Morgan fingerprint density at radius 3 is 1.59 bits per heavy atom. The van der Waals surface area contributed by atoms with Crippen LogP contribution in [-0.4, -0.2) is 24.9 Å². The average molecular weight is 655 g/mol. The van der Waals surface area contributed by atoms with E-state index in [-0.39, 0.29) is 5.41 Å². The third-order valence-electron chi connectivity index (χ3n) is 9.83. The fourth-order valence-electron chi connectivity index (χ4n) is 7.16. The summed E-state index contributed by atoms with van der Waals surface area (Å²) in [5, 5.41) is 9.64. The van der Waals surface area contributed by atoms with Gasteiger partial charge in [-0.25, -0.2) is 15.0 Å². The molecule has 0 spiro atoms. The van der Waals surface area contributed by atoms with Gasteiger partial charge in [0.15, 0.2) is 17.5 Å². The summed E-state index contributed by atoms with van der Waals surface area (Å²) in [5.74, 6) is 1.81. The molecule has 51 heavy (non-hydrogen) atoms. The Morgan fingerprint density at radius 1 is 0.451 bits per heavy atom. The molecule has 0 atom stereocenters. The molecule has 1 aliphatic rings. The zero-order chi connectivity index (χ0) is 34.5. The van der Waals surface area contributed by atoms with E-state index in [0.29, 0.717) is 23.0 Å². The maximum atomic E-state index is 9.64. The molecular formula is C45H30N6. The molecule has 8 aromatic rings. The molecule has 0 saturated heterocycles. The fourth-order valence-corrected chi connectivity index (χ4v) is 7.16. The number of benzene rings is 6. The molecule has 240 valence electrons. The highest BCUT2D eigenvalue weighted by Gasteiger charge is 2.36. The van der Waals surface area contributed by atoms with Crippen LogP contribution in [0.5, 0.6) is 0 Å². The average Bonchev–Trinajstić information content (AvgIpc) is 3.42. The van der Waals surface area contributed by atoms with Gasteiger partial charge >= 0.3 is 0 Å². The van der Waals surface area contributed by atoms with E-state index >= 15 is 0 Å². The molecule has 0 unspecified atom stereocenters. The van der Waals surface area contributed by atoms with E-state index < -0.39 is 0 Å². The third kappa shape index (κ3) is 5.33. The third-order valence-corrected chi connectivity index (χ3v) is 9.83. The van der Waals surface area contributed by atoms with Gasteiger partial charge in [-0.15, -0.1) is 0 Å². The predicted octanol–water partition coefficient (Wildman–Crippen LogP) is 10.3. The van der Waals surface area contributed by atoms with Crippen molar-refractivity contribution in [3.8, 4) is 73.6 Å². The van der Waals surface area contributed by atoms with Gasteiger partial charge in [0, 0.05) is 34.5 Å². The maximum Gasteiger partial charge on any atom is 0.164 e. The van der Waals surface area contributed by atoms with Crippen LogP contribution in [0.2, 0.25) is 0 Å². The molecule has 0 amide bonds. The second kappa shape index (κ2) is 11.9. The summed E-state index contributed by atoms with van der Waals surface area (Å²) in [4.78, 5) is 24.2. The molecule has 6 aromatic carbocycles. The molecule has 9 rings (SSSR count).